The van der Waals surface area contributed by atoms with Gasteiger partial charge in [-0.05, 0) is 18.5 Å². The first-order valence-electron chi connectivity index (χ1n) is 3.59. The molecule has 13 heavy (non-hydrogen) atoms. The number of methoxy groups -OCH3 is 1. The smallest absolute Gasteiger partial charge is 0.393 e. The third kappa shape index (κ3) is 6.51. The molecule has 0 aliphatic heterocycles. The second-order valence-corrected chi connectivity index (χ2v) is 2.45. The monoisotopic (exact) mass is 210 g/mol. The molecule has 1 atom stereocenters. The minimum atomic E-state index is -1.16. The molecule has 0 heterocycles. The maximum absolute atomic E-state index is 10.6. The van der Waals surface area contributed by atoms with Gasteiger partial charge < -0.3 is 14.2 Å². The summed E-state index contributed by atoms with van der Waals surface area (Å²) < 4.78 is 14.1. The van der Waals surface area contributed by atoms with Crippen molar-refractivity contribution in [1.82, 2.24) is 0 Å². The summed E-state index contributed by atoms with van der Waals surface area (Å²) in [7, 11) is 1.52. The zero-order valence-corrected chi connectivity index (χ0v) is 8.17. The highest BCUT2D eigenvalue weighted by atomic mass is 35.5. The van der Waals surface area contributed by atoms with E-state index in [-0.39, 0.29) is 6.61 Å². The number of hydrogen-bond donors (Lipinski definition) is 0. The first-order valence-corrected chi connectivity index (χ1v) is 3.96. The molecule has 76 valence electrons. The van der Waals surface area contributed by atoms with E-state index in [0.717, 1.165) is 0 Å². The highest BCUT2D eigenvalue weighted by molar-refractivity contribution is 6.80. The van der Waals surface area contributed by atoms with Crippen LogP contribution in [0.1, 0.15) is 6.92 Å². The highest BCUT2D eigenvalue weighted by Gasteiger charge is 2.15. The number of hydrogen-bond acceptors (Lipinski definition) is 5. The molecule has 0 spiro atoms. The average Bonchev–Trinajstić information content (AvgIpc) is 2.04. The molecule has 0 amide bonds. The largest absolute Gasteiger partial charge is 0.429 e. The number of esters is 1. The molecule has 6 heteroatoms. The summed E-state index contributed by atoms with van der Waals surface area (Å²) in [5.74, 6) is -1.12. The first kappa shape index (κ1) is 12.3. The molecule has 1 unspecified atom stereocenters. The van der Waals surface area contributed by atoms with E-state index in [1.165, 1.54) is 14.0 Å². The third-order valence-corrected chi connectivity index (χ3v) is 1.23. The number of ether oxygens (including phenoxy) is 3. The molecule has 0 saturated heterocycles. The van der Waals surface area contributed by atoms with Gasteiger partial charge in [0.25, 0.3) is 0 Å². The maximum Gasteiger partial charge on any atom is 0.393 e. The SMILES string of the molecule is COCCOC(C)OC(=O)C(=O)Cl. The Kier molecular flexibility index (Phi) is 6.48. The van der Waals surface area contributed by atoms with Gasteiger partial charge in [-0.15, -0.1) is 0 Å². The number of halogens is 1. The summed E-state index contributed by atoms with van der Waals surface area (Å²) in [6.45, 7) is 2.14. The fraction of sp³-hybridized carbons (Fsp3) is 0.714. The molecule has 0 aromatic carbocycles. The maximum atomic E-state index is 10.6. The van der Waals surface area contributed by atoms with Crippen LogP contribution < -0.4 is 0 Å². The van der Waals surface area contributed by atoms with Gasteiger partial charge in [-0.25, -0.2) is 4.79 Å². The summed E-state index contributed by atoms with van der Waals surface area (Å²) in [5, 5.41) is -1.16. The van der Waals surface area contributed by atoms with E-state index < -0.39 is 17.5 Å². The second kappa shape index (κ2) is 6.82. The first-order chi connectivity index (χ1) is 6.07. The van der Waals surface area contributed by atoms with Gasteiger partial charge in [0.2, 0.25) is 6.29 Å². The van der Waals surface area contributed by atoms with Gasteiger partial charge in [0.05, 0.1) is 13.2 Å². The summed E-state index contributed by atoms with van der Waals surface area (Å²) >= 11 is 4.84. The van der Waals surface area contributed by atoms with E-state index >= 15 is 0 Å². The van der Waals surface area contributed by atoms with Crippen LogP contribution in [0.3, 0.4) is 0 Å². The lowest BCUT2D eigenvalue weighted by atomic mass is 10.7. The Labute approximate surface area is 80.9 Å². The van der Waals surface area contributed by atoms with E-state index in [1.807, 2.05) is 0 Å². The standard InChI is InChI=1S/C7H11ClO5/c1-5(12-4-3-11-2)13-7(10)6(8)9/h5H,3-4H2,1-2H3. The predicted molar refractivity (Wildman–Crippen MR) is 44.2 cm³/mol. The second-order valence-electron chi connectivity index (χ2n) is 2.11. The minimum absolute atomic E-state index is 0.279. The van der Waals surface area contributed by atoms with Gasteiger partial charge in [0.15, 0.2) is 0 Å². The van der Waals surface area contributed by atoms with Crippen molar-refractivity contribution in [3.8, 4) is 0 Å². The van der Waals surface area contributed by atoms with E-state index in [1.54, 1.807) is 0 Å². The molecule has 0 saturated carbocycles. The van der Waals surface area contributed by atoms with Crippen LogP contribution in [0.4, 0.5) is 0 Å². The van der Waals surface area contributed by atoms with Crippen molar-refractivity contribution >= 4 is 22.8 Å². The van der Waals surface area contributed by atoms with Gasteiger partial charge in [-0.3, -0.25) is 4.79 Å². The summed E-state index contributed by atoms with van der Waals surface area (Å²) in [4.78, 5) is 20.8. The van der Waals surface area contributed by atoms with Crippen LogP contribution in [0.5, 0.6) is 0 Å². The fourth-order valence-corrected chi connectivity index (χ4v) is 0.573. The van der Waals surface area contributed by atoms with E-state index in [9.17, 15) is 9.59 Å². The van der Waals surface area contributed by atoms with Crippen molar-refractivity contribution in [2.24, 2.45) is 0 Å². The fourth-order valence-electron chi connectivity index (χ4n) is 0.528. The van der Waals surface area contributed by atoms with Crippen molar-refractivity contribution < 1.29 is 23.8 Å². The summed E-state index contributed by atoms with van der Waals surface area (Å²) in [5.41, 5.74) is 0. The molecule has 0 radical (unpaired) electrons. The zero-order chi connectivity index (χ0) is 10.3. The lowest BCUT2D eigenvalue weighted by Gasteiger charge is -2.11. The number of carbonyl (C=O) groups excluding carboxylic acids is 2. The van der Waals surface area contributed by atoms with Crippen LogP contribution in [0, 0.1) is 0 Å². The molecule has 0 bridgehead atoms. The molecule has 0 aliphatic carbocycles. The third-order valence-electron chi connectivity index (χ3n) is 1.07. The minimum Gasteiger partial charge on any atom is -0.429 e. The Balaban J connectivity index is 3.55. The van der Waals surface area contributed by atoms with Crippen LogP contribution in [0.15, 0.2) is 0 Å². The Bertz CT molecular complexity index is 182. The Morgan fingerprint density at radius 2 is 2.00 bits per heavy atom. The van der Waals surface area contributed by atoms with Crippen LogP contribution in [0.25, 0.3) is 0 Å². The topological polar surface area (TPSA) is 61.8 Å². The quantitative estimate of drug-likeness (QED) is 0.208. The molecular formula is C7H11ClO5. The van der Waals surface area contributed by atoms with Crippen molar-refractivity contribution in [2.45, 2.75) is 13.2 Å². The van der Waals surface area contributed by atoms with Crippen molar-refractivity contribution in [3.05, 3.63) is 0 Å². The average molecular weight is 211 g/mol. The van der Waals surface area contributed by atoms with Gasteiger partial charge in [-0.2, -0.15) is 0 Å². The van der Waals surface area contributed by atoms with Gasteiger partial charge in [0, 0.05) is 7.11 Å². The van der Waals surface area contributed by atoms with Gasteiger partial charge >= 0.3 is 11.2 Å². The normalized spacial score (nSPS) is 12.2. The summed E-state index contributed by atoms with van der Waals surface area (Å²) in [6, 6.07) is 0. The lowest BCUT2D eigenvalue weighted by molar-refractivity contribution is -0.177. The van der Waals surface area contributed by atoms with Gasteiger partial charge in [-0.1, -0.05) is 0 Å². The van der Waals surface area contributed by atoms with Crippen molar-refractivity contribution in [1.29, 1.82) is 0 Å². The molecule has 0 rings (SSSR count). The Hall–Kier alpha value is -0.650. The Morgan fingerprint density at radius 3 is 2.46 bits per heavy atom. The highest BCUT2D eigenvalue weighted by Crippen LogP contribution is 1.96. The van der Waals surface area contributed by atoms with E-state index in [0.29, 0.717) is 6.61 Å². The van der Waals surface area contributed by atoms with Crippen LogP contribution in [-0.2, 0) is 23.8 Å². The Morgan fingerprint density at radius 1 is 1.38 bits per heavy atom. The molecule has 0 aliphatic rings. The number of rotatable bonds is 6. The molecule has 0 aromatic heterocycles. The van der Waals surface area contributed by atoms with E-state index in [2.05, 4.69) is 9.47 Å². The van der Waals surface area contributed by atoms with Crippen molar-refractivity contribution in [3.63, 3.8) is 0 Å². The van der Waals surface area contributed by atoms with E-state index in [4.69, 9.17) is 16.3 Å². The number of carbonyl (C=O) groups is 2. The molecule has 0 aromatic rings. The molecule has 0 N–H and O–H groups in total. The summed E-state index contributed by atoms with van der Waals surface area (Å²) in [6.07, 6.45) is -0.801. The van der Waals surface area contributed by atoms with Crippen molar-refractivity contribution in [2.75, 3.05) is 20.3 Å². The predicted octanol–water partition coefficient (Wildman–Crippen LogP) is 0.304. The van der Waals surface area contributed by atoms with Gasteiger partial charge in [0.1, 0.15) is 0 Å². The molecular weight excluding hydrogens is 200 g/mol. The van der Waals surface area contributed by atoms with Crippen LogP contribution >= 0.6 is 11.6 Å². The molecule has 0 fully saturated rings. The van der Waals surface area contributed by atoms with Crippen LogP contribution in [-0.4, -0.2) is 37.8 Å². The zero-order valence-electron chi connectivity index (χ0n) is 7.41. The lowest BCUT2D eigenvalue weighted by Crippen LogP contribution is -2.22. The van der Waals surface area contributed by atoms with Crippen LogP contribution in [0.2, 0.25) is 0 Å². The molecule has 5 nitrogen and oxygen atoms in total.